The van der Waals surface area contributed by atoms with Crippen molar-refractivity contribution in [2.45, 2.75) is 6.18 Å². The standard InChI is InChI=1S/C11H9F5N2O2/c1-20-10(19)7-6(12)2-5(3-17)9(8(7)13)18-4-11(14,15)16/h2-3,17-18H,4H2,1H3. The molecule has 0 bridgehead atoms. The van der Waals surface area contributed by atoms with Gasteiger partial charge in [-0.3, -0.25) is 0 Å². The van der Waals surface area contributed by atoms with Gasteiger partial charge in [0.25, 0.3) is 0 Å². The van der Waals surface area contributed by atoms with Gasteiger partial charge in [-0.1, -0.05) is 0 Å². The summed E-state index contributed by atoms with van der Waals surface area (Å²) < 4.78 is 67.9. The van der Waals surface area contributed by atoms with Crippen LogP contribution in [0.1, 0.15) is 15.9 Å². The lowest BCUT2D eigenvalue weighted by molar-refractivity contribution is -0.115. The normalized spacial score (nSPS) is 11.1. The molecule has 0 fully saturated rings. The Balaban J connectivity index is 3.33. The summed E-state index contributed by atoms with van der Waals surface area (Å²) in [6, 6.07) is 0.570. The smallest absolute Gasteiger partial charge is 0.405 e. The van der Waals surface area contributed by atoms with E-state index in [9.17, 15) is 26.7 Å². The van der Waals surface area contributed by atoms with Crippen molar-refractivity contribution in [2.75, 3.05) is 19.0 Å². The molecule has 0 radical (unpaired) electrons. The zero-order valence-corrected chi connectivity index (χ0v) is 10.1. The first-order chi connectivity index (χ1) is 9.21. The number of halogens is 5. The lowest BCUT2D eigenvalue weighted by atomic mass is 10.1. The van der Waals surface area contributed by atoms with E-state index in [-0.39, 0.29) is 0 Å². The van der Waals surface area contributed by atoms with Gasteiger partial charge in [-0.2, -0.15) is 13.2 Å². The summed E-state index contributed by atoms with van der Waals surface area (Å²) in [5, 5.41) is 8.63. The third-order valence-electron chi connectivity index (χ3n) is 2.26. The van der Waals surface area contributed by atoms with E-state index in [2.05, 4.69) is 4.74 Å². The molecule has 0 saturated heterocycles. The number of carbonyl (C=O) groups is 1. The molecule has 20 heavy (non-hydrogen) atoms. The predicted molar refractivity (Wildman–Crippen MR) is 60.1 cm³/mol. The maximum absolute atomic E-state index is 13.9. The van der Waals surface area contributed by atoms with E-state index in [1.165, 1.54) is 0 Å². The minimum Gasteiger partial charge on any atom is -0.465 e. The zero-order valence-electron chi connectivity index (χ0n) is 10.1. The summed E-state index contributed by atoms with van der Waals surface area (Å²) in [4.78, 5) is 11.2. The molecule has 0 saturated carbocycles. The summed E-state index contributed by atoms with van der Waals surface area (Å²) in [5.41, 5.74) is -2.38. The first kappa shape index (κ1) is 15.9. The van der Waals surface area contributed by atoms with E-state index in [1.54, 1.807) is 5.32 Å². The van der Waals surface area contributed by atoms with Gasteiger partial charge in [0.1, 0.15) is 17.9 Å². The van der Waals surface area contributed by atoms with E-state index in [0.717, 1.165) is 7.11 Å². The van der Waals surface area contributed by atoms with Crippen molar-refractivity contribution < 1.29 is 31.5 Å². The average molecular weight is 296 g/mol. The summed E-state index contributed by atoms with van der Waals surface area (Å²) in [6.07, 6.45) is -4.18. The van der Waals surface area contributed by atoms with E-state index in [1.807, 2.05) is 0 Å². The second-order valence-corrected chi connectivity index (χ2v) is 3.62. The summed E-state index contributed by atoms with van der Waals surface area (Å²) in [5.74, 6) is -4.24. The number of alkyl halides is 3. The molecule has 4 nitrogen and oxygen atoms in total. The molecule has 0 spiro atoms. The van der Waals surface area contributed by atoms with Gasteiger partial charge in [-0.15, -0.1) is 0 Å². The zero-order chi connectivity index (χ0) is 15.5. The number of rotatable bonds is 4. The maximum Gasteiger partial charge on any atom is 0.405 e. The Kier molecular flexibility index (Phi) is 4.64. The van der Waals surface area contributed by atoms with Crippen LogP contribution in [0.3, 0.4) is 0 Å². The monoisotopic (exact) mass is 296 g/mol. The number of carbonyl (C=O) groups excluding carboxylic acids is 1. The van der Waals surface area contributed by atoms with E-state index in [4.69, 9.17) is 5.41 Å². The number of benzene rings is 1. The van der Waals surface area contributed by atoms with Crippen LogP contribution >= 0.6 is 0 Å². The van der Waals surface area contributed by atoms with Crippen molar-refractivity contribution in [3.63, 3.8) is 0 Å². The molecule has 0 unspecified atom stereocenters. The van der Waals surface area contributed by atoms with E-state index < -0.39 is 47.1 Å². The molecule has 0 aliphatic carbocycles. The molecule has 0 aliphatic rings. The second kappa shape index (κ2) is 5.85. The maximum atomic E-state index is 13.9. The van der Waals surface area contributed by atoms with Crippen molar-refractivity contribution >= 4 is 17.9 Å². The molecule has 0 heterocycles. The Hall–Kier alpha value is -2.19. The number of hydrogen-bond acceptors (Lipinski definition) is 4. The van der Waals surface area contributed by atoms with Crippen LogP contribution in [0.4, 0.5) is 27.6 Å². The van der Waals surface area contributed by atoms with E-state index in [0.29, 0.717) is 12.3 Å². The third kappa shape index (κ3) is 3.43. The molecule has 110 valence electrons. The number of anilines is 1. The molecule has 0 aliphatic heterocycles. The third-order valence-corrected chi connectivity index (χ3v) is 2.26. The van der Waals surface area contributed by atoms with Gasteiger partial charge < -0.3 is 15.5 Å². The molecule has 0 amide bonds. The van der Waals surface area contributed by atoms with Gasteiger partial charge in [0.15, 0.2) is 5.82 Å². The summed E-state index contributed by atoms with van der Waals surface area (Å²) in [6.45, 7) is -1.60. The Morgan fingerprint density at radius 1 is 1.45 bits per heavy atom. The van der Waals surface area contributed by atoms with Crippen LogP contribution in [0.2, 0.25) is 0 Å². The van der Waals surface area contributed by atoms with E-state index >= 15 is 0 Å². The molecule has 9 heteroatoms. The minimum atomic E-state index is -4.65. The number of methoxy groups -OCH3 is 1. The predicted octanol–water partition coefficient (Wildman–Crippen LogP) is 2.72. The van der Waals surface area contributed by atoms with Crippen LogP contribution in [-0.2, 0) is 4.74 Å². The lowest BCUT2D eigenvalue weighted by Gasteiger charge is -2.14. The number of esters is 1. The Morgan fingerprint density at radius 2 is 2.05 bits per heavy atom. The Labute approximate surface area is 110 Å². The van der Waals surface area contributed by atoms with Crippen LogP contribution < -0.4 is 5.32 Å². The fourth-order valence-electron chi connectivity index (χ4n) is 1.41. The van der Waals surface area contributed by atoms with Crippen LogP contribution in [0.15, 0.2) is 6.07 Å². The number of nitrogens with one attached hydrogen (secondary N) is 2. The molecule has 1 rings (SSSR count). The van der Waals surface area contributed by atoms with Crippen LogP contribution in [0.25, 0.3) is 0 Å². The first-order valence-corrected chi connectivity index (χ1v) is 5.12. The summed E-state index contributed by atoms with van der Waals surface area (Å²) in [7, 11) is 0.870. The fourth-order valence-corrected chi connectivity index (χ4v) is 1.41. The average Bonchev–Trinajstić information content (AvgIpc) is 2.35. The summed E-state index contributed by atoms with van der Waals surface area (Å²) >= 11 is 0. The highest BCUT2D eigenvalue weighted by Gasteiger charge is 2.29. The Bertz CT molecular complexity index is 543. The molecular weight excluding hydrogens is 287 g/mol. The van der Waals surface area contributed by atoms with Gasteiger partial charge in [0, 0.05) is 11.8 Å². The molecule has 1 aromatic carbocycles. The van der Waals surface area contributed by atoms with Gasteiger partial charge in [0.2, 0.25) is 0 Å². The van der Waals surface area contributed by atoms with Crippen molar-refractivity contribution in [1.82, 2.24) is 0 Å². The molecule has 2 N–H and O–H groups in total. The van der Waals surface area contributed by atoms with Crippen LogP contribution in [0, 0.1) is 17.0 Å². The van der Waals surface area contributed by atoms with Crippen LogP contribution in [-0.4, -0.2) is 32.0 Å². The highest BCUT2D eigenvalue weighted by atomic mass is 19.4. The van der Waals surface area contributed by atoms with Gasteiger partial charge in [-0.25, -0.2) is 13.6 Å². The van der Waals surface area contributed by atoms with Crippen LogP contribution in [0.5, 0.6) is 0 Å². The highest BCUT2D eigenvalue weighted by molar-refractivity contribution is 5.95. The highest BCUT2D eigenvalue weighted by Crippen LogP contribution is 2.27. The molecular formula is C11H9F5N2O2. The van der Waals surface area contributed by atoms with Crippen molar-refractivity contribution in [1.29, 1.82) is 5.41 Å². The number of hydrogen-bond donors (Lipinski definition) is 2. The SMILES string of the molecule is COC(=O)c1c(F)cc(C=N)c(NCC(F)(F)F)c1F. The largest absolute Gasteiger partial charge is 0.465 e. The molecule has 0 aromatic heterocycles. The number of ether oxygens (including phenoxy) is 1. The Morgan fingerprint density at radius 3 is 2.50 bits per heavy atom. The second-order valence-electron chi connectivity index (χ2n) is 3.62. The van der Waals surface area contributed by atoms with Crippen molar-refractivity contribution in [2.24, 2.45) is 0 Å². The van der Waals surface area contributed by atoms with Crippen molar-refractivity contribution in [3.05, 3.63) is 28.8 Å². The minimum absolute atomic E-state index is 0.461. The quantitative estimate of drug-likeness (QED) is 0.510. The fraction of sp³-hybridized carbons (Fsp3) is 0.273. The topological polar surface area (TPSA) is 62.2 Å². The van der Waals surface area contributed by atoms with Gasteiger partial charge >= 0.3 is 12.1 Å². The lowest BCUT2D eigenvalue weighted by Crippen LogP contribution is -2.23. The molecule has 1 aromatic rings. The van der Waals surface area contributed by atoms with Crippen molar-refractivity contribution in [3.8, 4) is 0 Å². The first-order valence-electron chi connectivity index (χ1n) is 5.12. The van der Waals surface area contributed by atoms with Gasteiger partial charge in [0.05, 0.1) is 12.8 Å². The van der Waals surface area contributed by atoms with Gasteiger partial charge in [-0.05, 0) is 6.07 Å². The molecule has 0 atom stereocenters.